The first-order valence-corrected chi connectivity index (χ1v) is 11.6. The average Bonchev–Trinajstić information content (AvgIpc) is 3.20. The first-order valence-electron chi connectivity index (χ1n) is 9.85. The number of ether oxygens (including phenoxy) is 2. The molecule has 0 unspecified atom stereocenters. The number of nitrogens with one attached hydrogen (secondary N) is 1. The molecule has 33 heavy (non-hydrogen) atoms. The van der Waals surface area contributed by atoms with Gasteiger partial charge in [-0.3, -0.25) is 0 Å². The summed E-state index contributed by atoms with van der Waals surface area (Å²) in [4.78, 5) is 33.2. The third kappa shape index (κ3) is 4.26. The third-order valence-electron chi connectivity index (χ3n) is 4.97. The van der Waals surface area contributed by atoms with E-state index in [-0.39, 0.29) is 5.91 Å². The molecule has 0 aliphatic carbocycles. The molecule has 2 aromatic carbocycles. The Morgan fingerprint density at radius 1 is 1.03 bits per heavy atom. The van der Waals surface area contributed by atoms with E-state index in [2.05, 4.69) is 15.3 Å². The molecule has 0 radical (unpaired) electrons. The van der Waals surface area contributed by atoms with Crippen LogP contribution in [0.2, 0.25) is 0 Å². The van der Waals surface area contributed by atoms with Gasteiger partial charge in [-0.1, -0.05) is 0 Å². The fourth-order valence-corrected chi connectivity index (χ4v) is 5.76. The fraction of sp³-hybridized carbons (Fsp3) is 0.130. The van der Waals surface area contributed by atoms with Gasteiger partial charge in [0.25, 0.3) is 0 Å². The van der Waals surface area contributed by atoms with Crippen molar-refractivity contribution in [1.82, 2.24) is 19.9 Å². The minimum absolute atomic E-state index is 0.177. The molecule has 2 aromatic heterocycles. The average molecular weight is 510 g/mol. The molecule has 2 heterocycles. The monoisotopic (exact) mass is 511 g/mol. The van der Waals surface area contributed by atoms with Crippen LogP contribution < -0.4 is 29.6 Å². The molecule has 0 saturated carbocycles. The Morgan fingerprint density at radius 3 is 2.36 bits per heavy atom. The second-order valence-corrected chi connectivity index (χ2v) is 9.12. The summed E-state index contributed by atoms with van der Waals surface area (Å²) >= 11 is -0.394. The van der Waals surface area contributed by atoms with Gasteiger partial charge in [0.05, 0.1) is 0 Å². The van der Waals surface area contributed by atoms with Crippen molar-refractivity contribution in [3.8, 4) is 17.4 Å². The zero-order valence-electron chi connectivity index (χ0n) is 18.2. The number of rotatable bonds is 7. The number of benzene rings is 2. The van der Waals surface area contributed by atoms with Crippen molar-refractivity contribution in [3.05, 3.63) is 66.0 Å². The quantitative estimate of drug-likeness (QED) is 0.351. The van der Waals surface area contributed by atoms with Crippen LogP contribution in [-0.4, -0.2) is 62.6 Å². The van der Waals surface area contributed by atoms with E-state index < -0.39 is 20.9 Å². The second-order valence-electron chi connectivity index (χ2n) is 6.89. The van der Waals surface area contributed by atoms with Crippen LogP contribution in [-0.2, 0) is 0 Å². The summed E-state index contributed by atoms with van der Waals surface area (Å²) in [6.07, 6.45) is 3.32. The van der Waals surface area contributed by atoms with Crippen LogP contribution in [0, 0.1) is 0 Å². The first kappa shape index (κ1) is 22.3. The van der Waals surface area contributed by atoms with Gasteiger partial charge in [0.2, 0.25) is 0 Å². The van der Waals surface area contributed by atoms with E-state index in [1.54, 1.807) is 43.7 Å². The standard InChI is InChI=1S/C23H21N5O4Se/c1-25-22(30)13-5-6-16-14(9-13)10-20(28(16)23-26-7-4-8-27-23)33-19-12-18(32-3)17(31-2)11-15(19)21(24)29/h4-12H,1-3H3,(H2,24,29)(H,25,30). The van der Waals surface area contributed by atoms with Gasteiger partial charge in [0, 0.05) is 0 Å². The number of amides is 2. The number of carbonyl (C=O) groups is 2. The van der Waals surface area contributed by atoms with Crippen molar-refractivity contribution in [3.63, 3.8) is 0 Å². The molecular formula is C23H21N5O4Se. The van der Waals surface area contributed by atoms with Crippen LogP contribution in [0.4, 0.5) is 0 Å². The van der Waals surface area contributed by atoms with Crippen molar-refractivity contribution in [2.75, 3.05) is 21.3 Å². The number of hydrogen-bond acceptors (Lipinski definition) is 6. The summed E-state index contributed by atoms with van der Waals surface area (Å²) < 4.78 is 14.3. The molecular weight excluding hydrogens is 489 g/mol. The van der Waals surface area contributed by atoms with Crippen molar-refractivity contribution >= 4 is 46.7 Å². The zero-order chi connectivity index (χ0) is 23.5. The van der Waals surface area contributed by atoms with Crippen molar-refractivity contribution < 1.29 is 19.1 Å². The topological polar surface area (TPSA) is 121 Å². The van der Waals surface area contributed by atoms with Gasteiger partial charge in [-0.2, -0.15) is 0 Å². The third-order valence-corrected chi connectivity index (χ3v) is 7.21. The van der Waals surface area contributed by atoms with Gasteiger partial charge >= 0.3 is 196 Å². The van der Waals surface area contributed by atoms with Gasteiger partial charge in [-0.25, -0.2) is 0 Å². The van der Waals surface area contributed by atoms with E-state index in [4.69, 9.17) is 15.2 Å². The molecule has 0 atom stereocenters. The second kappa shape index (κ2) is 9.31. The SMILES string of the molecule is CNC(=O)c1ccc2c(c1)cc([Se]c1cc(OC)c(OC)cc1C(N)=O)n2-c1ncccn1. The van der Waals surface area contributed by atoms with Gasteiger partial charge < -0.3 is 0 Å². The molecule has 9 nitrogen and oxygen atoms in total. The van der Waals surface area contributed by atoms with Crippen LogP contribution >= 0.6 is 0 Å². The first-order chi connectivity index (χ1) is 16.0. The summed E-state index contributed by atoms with van der Waals surface area (Å²) in [5.74, 6) is 0.669. The molecule has 0 aliphatic rings. The maximum absolute atomic E-state index is 12.2. The van der Waals surface area contributed by atoms with E-state index >= 15 is 0 Å². The Labute approximate surface area is 196 Å². The zero-order valence-corrected chi connectivity index (χ0v) is 19.9. The Hall–Kier alpha value is -3.88. The predicted octanol–water partition coefficient (Wildman–Crippen LogP) is 0.551. The number of fused-ring (bicyclic) bond motifs is 1. The number of aromatic nitrogens is 3. The number of primary amides is 1. The van der Waals surface area contributed by atoms with Gasteiger partial charge in [0.1, 0.15) is 0 Å². The van der Waals surface area contributed by atoms with Crippen LogP contribution in [0.25, 0.3) is 16.9 Å². The van der Waals surface area contributed by atoms with Gasteiger partial charge in [-0.15, -0.1) is 0 Å². The Kier molecular flexibility index (Phi) is 6.30. The summed E-state index contributed by atoms with van der Waals surface area (Å²) in [7, 11) is 4.63. The number of hydrogen-bond donors (Lipinski definition) is 2. The van der Waals surface area contributed by atoms with E-state index in [0.29, 0.717) is 28.6 Å². The fourth-order valence-electron chi connectivity index (χ4n) is 3.41. The van der Waals surface area contributed by atoms with Crippen LogP contribution in [0.3, 0.4) is 0 Å². The molecule has 0 fully saturated rings. The predicted molar refractivity (Wildman–Crippen MR) is 125 cm³/mol. The van der Waals surface area contributed by atoms with Gasteiger partial charge in [0.15, 0.2) is 0 Å². The van der Waals surface area contributed by atoms with Crippen molar-refractivity contribution in [2.45, 2.75) is 0 Å². The van der Waals surface area contributed by atoms with Crippen molar-refractivity contribution in [2.24, 2.45) is 5.73 Å². The normalized spacial score (nSPS) is 10.8. The molecule has 4 rings (SSSR count). The molecule has 0 spiro atoms. The molecule has 2 amide bonds. The molecule has 3 N–H and O–H groups in total. The van der Waals surface area contributed by atoms with Crippen LogP contribution in [0.5, 0.6) is 11.5 Å². The van der Waals surface area contributed by atoms with Gasteiger partial charge in [-0.05, 0) is 0 Å². The molecule has 10 heteroatoms. The maximum atomic E-state index is 12.2. The summed E-state index contributed by atoms with van der Waals surface area (Å²) in [5, 5.41) is 3.49. The number of carbonyl (C=O) groups excluding carboxylic acids is 2. The van der Waals surface area contributed by atoms with E-state index in [1.165, 1.54) is 14.2 Å². The number of nitrogens with two attached hydrogens (primary N) is 1. The Morgan fingerprint density at radius 2 is 1.73 bits per heavy atom. The van der Waals surface area contributed by atoms with E-state index in [9.17, 15) is 9.59 Å². The molecule has 0 bridgehead atoms. The molecule has 0 aliphatic heterocycles. The minimum atomic E-state index is -0.562. The Bertz CT molecular complexity index is 1350. The molecule has 0 saturated heterocycles. The summed E-state index contributed by atoms with van der Waals surface area (Å²) in [6.45, 7) is 0. The molecule has 4 aromatic rings. The van der Waals surface area contributed by atoms with Crippen LogP contribution in [0.1, 0.15) is 20.7 Å². The number of nitrogens with zero attached hydrogens (tertiary/aromatic N) is 3. The Balaban J connectivity index is 1.92. The molecule has 168 valence electrons. The summed E-state index contributed by atoms with van der Waals surface area (Å²) in [5.41, 5.74) is 7.41. The van der Waals surface area contributed by atoms with Crippen molar-refractivity contribution in [1.29, 1.82) is 0 Å². The van der Waals surface area contributed by atoms with Crippen LogP contribution in [0.15, 0.2) is 54.9 Å². The van der Waals surface area contributed by atoms with E-state index in [0.717, 1.165) is 20.0 Å². The summed E-state index contributed by atoms with van der Waals surface area (Å²) in [6, 6.07) is 12.5. The van der Waals surface area contributed by atoms with E-state index in [1.807, 2.05) is 22.8 Å². The number of methoxy groups -OCH3 is 2.